The summed E-state index contributed by atoms with van der Waals surface area (Å²) in [6.45, 7) is 1.98. The molecule has 17 heavy (non-hydrogen) atoms. The molecule has 0 aliphatic carbocycles. The van der Waals surface area contributed by atoms with Crippen LogP contribution in [0.25, 0.3) is 0 Å². The molecule has 0 aromatic heterocycles. The number of ether oxygens (including phenoxy) is 2. The zero-order chi connectivity index (χ0) is 12.1. The first-order chi connectivity index (χ1) is 8.31. The fourth-order valence-electron chi connectivity index (χ4n) is 1.89. The summed E-state index contributed by atoms with van der Waals surface area (Å²) in [5.41, 5.74) is 0. The van der Waals surface area contributed by atoms with Crippen LogP contribution in [0, 0.1) is 6.07 Å². The molecule has 1 heterocycles. The van der Waals surface area contributed by atoms with Crippen LogP contribution in [0.2, 0.25) is 0 Å². The van der Waals surface area contributed by atoms with E-state index in [9.17, 15) is 4.79 Å². The third kappa shape index (κ3) is 2.90. The number of rotatable bonds is 5. The van der Waals surface area contributed by atoms with Crippen molar-refractivity contribution < 1.29 is 14.3 Å². The highest BCUT2D eigenvalue weighted by atomic mass is 16.5. The fourth-order valence-corrected chi connectivity index (χ4v) is 1.89. The summed E-state index contributed by atoms with van der Waals surface area (Å²) in [5, 5.41) is 0. The second-order valence-corrected chi connectivity index (χ2v) is 3.91. The van der Waals surface area contributed by atoms with Gasteiger partial charge in [0.05, 0.1) is 13.7 Å². The van der Waals surface area contributed by atoms with E-state index in [-0.39, 0.29) is 5.91 Å². The van der Waals surface area contributed by atoms with Gasteiger partial charge >= 0.3 is 0 Å². The van der Waals surface area contributed by atoms with Gasteiger partial charge in [0.15, 0.2) is 11.5 Å². The van der Waals surface area contributed by atoms with E-state index in [1.54, 1.807) is 19.2 Å². The molecule has 0 spiro atoms. The van der Waals surface area contributed by atoms with Crippen molar-refractivity contribution in [1.29, 1.82) is 0 Å². The maximum Gasteiger partial charge on any atom is 0.222 e. The lowest BCUT2D eigenvalue weighted by molar-refractivity contribution is -0.128. The predicted octanol–water partition coefficient (Wildman–Crippen LogP) is 1.50. The third-order valence-electron chi connectivity index (χ3n) is 2.80. The molecule has 1 amide bonds. The predicted molar refractivity (Wildman–Crippen MR) is 63.1 cm³/mol. The van der Waals surface area contributed by atoms with Crippen LogP contribution in [0.5, 0.6) is 11.5 Å². The molecule has 1 aromatic carbocycles. The number of hydrogen-bond donors (Lipinski definition) is 0. The Bertz CT molecular complexity index is 392. The van der Waals surface area contributed by atoms with Crippen molar-refractivity contribution in [2.24, 2.45) is 0 Å². The first-order valence-corrected chi connectivity index (χ1v) is 5.76. The van der Waals surface area contributed by atoms with Gasteiger partial charge in [-0.05, 0) is 24.6 Å². The van der Waals surface area contributed by atoms with Crippen LogP contribution in [0.3, 0.4) is 0 Å². The Morgan fingerprint density at radius 3 is 3.06 bits per heavy atom. The molecule has 1 saturated heterocycles. The smallest absolute Gasteiger partial charge is 0.222 e. The molecule has 1 radical (unpaired) electrons. The Labute approximate surface area is 101 Å². The Morgan fingerprint density at radius 2 is 2.35 bits per heavy atom. The molecule has 1 fully saturated rings. The second-order valence-electron chi connectivity index (χ2n) is 3.91. The third-order valence-corrected chi connectivity index (χ3v) is 2.80. The molecule has 4 heteroatoms. The lowest BCUT2D eigenvalue weighted by atomic mass is 10.3. The van der Waals surface area contributed by atoms with Gasteiger partial charge in [0.1, 0.15) is 6.61 Å². The molecular weight excluding hydrogens is 218 g/mol. The van der Waals surface area contributed by atoms with Crippen LogP contribution in [0.1, 0.15) is 12.8 Å². The van der Waals surface area contributed by atoms with Gasteiger partial charge in [0.2, 0.25) is 5.91 Å². The molecule has 0 unspecified atom stereocenters. The number of amides is 1. The summed E-state index contributed by atoms with van der Waals surface area (Å²) < 4.78 is 10.8. The van der Waals surface area contributed by atoms with Crippen LogP contribution in [0.15, 0.2) is 18.2 Å². The van der Waals surface area contributed by atoms with E-state index in [1.807, 2.05) is 11.0 Å². The van der Waals surface area contributed by atoms with E-state index in [0.29, 0.717) is 31.1 Å². The average Bonchev–Trinajstić information content (AvgIpc) is 2.76. The Kier molecular flexibility index (Phi) is 3.85. The van der Waals surface area contributed by atoms with Crippen molar-refractivity contribution in [3.63, 3.8) is 0 Å². The number of likely N-dealkylation sites (tertiary alicyclic amines) is 1. The van der Waals surface area contributed by atoms with Crippen LogP contribution in [-0.4, -0.2) is 37.6 Å². The van der Waals surface area contributed by atoms with Crippen molar-refractivity contribution in [3.8, 4) is 11.5 Å². The van der Waals surface area contributed by atoms with Crippen molar-refractivity contribution in [2.45, 2.75) is 12.8 Å². The first kappa shape index (κ1) is 11.8. The van der Waals surface area contributed by atoms with Gasteiger partial charge in [-0.15, -0.1) is 0 Å². The highest BCUT2D eigenvalue weighted by Gasteiger charge is 2.19. The molecule has 91 valence electrons. The Morgan fingerprint density at radius 1 is 1.47 bits per heavy atom. The minimum Gasteiger partial charge on any atom is -0.493 e. The Hall–Kier alpha value is -1.71. The highest BCUT2D eigenvalue weighted by Crippen LogP contribution is 2.25. The van der Waals surface area contributed by atoms with E-state index >= 15 is 0 Å². The largest absolute Gasteiger partial charge is 0.493 e. The fraction of sp³-hybridized carbons (Fsp3) is 0.462. The number of carbonyl (C=O) groups excluding carboxylic acids is 1. The van der Waals surface area contributed by atoms with Gasteiger partial charge < -0.3 is 14.4 Å². The summed E-state index contributed by atoms with van der Waals surface area (Å²) >= 11 is 0. The zero-order valence-electron chi connectivity index (χ0n) is 9.94. The summed E-state index contributed by atoms with van der Waals surface area (Å²) in [5.74, 6) is 1.58. The van der Waals surface area contributed by atoms with Crippen molar-refractivity contribution >= 4 is 5.91 Å². The minimum atomic E-state index is 0.224. The van der Waals surface area contributed by atoms with Gasteiger partial charge in [-0.25, -0.2) is 0 Å². The van der Waals surface area contributed by atoms with Gasteiger partial charge in [-0.2, -0.15) is 0 Å². The standard InChI is InChI=1S/C13H16NO3/c1-16-11-5-2-3-6-12(11)17-10-9-14-8-4-7-13(14)15/h3,5-6H,4,7-10H2,1H3. The summed E-state index contributed by atoms with van der Waals surface area (Å²) in [4.78, 5) is 13.2. The SMILES string of the molecule is COc1c[c]ccc1OCCN1CCCC1=O. The zero-order valence-corrected chi connectivity index (χ0v) is 9.94. The summed E-state index contributed by atoms with van der Waals surface area (Å²) in [6, 6.07) is 8.24. The number of hydrogen-bond acceptors (Lipinski definition) is 3. The molecule has 0 saturated carbocycles. The topological polar surface area (TPSA) is 38.8 Å². The average molecular weight is 234 g/mol. The second kappa shape index (κ2) is 5.57. The van der Waals surface area contributed by atoms with Crippen molar-refractivity contribution in [3.05, 3.63) is 24.3 Å². The van der Waals surface area contributed by atoms with Crippen molar-refractivity contribution in [1.82, 2.24) is 4.90 Å². The molecule has 0 bridgehead atoms. The molecule has 1 aliphatic heterocycles. The molecule has 0 N–H and O–H groups in total. The Balaban J connectivity index is 1.83. The van der Waals surface area contributed by atoms with Crippen LogP contribution in [-0.2, 0) is 4.79 Å². The van der Waals surface area contributed by atoms with Crippen LogP contribution < -0.4 is 9.47 Å². The lowest BCUT2D eigenvalue weighted by Crippen LogP contribution is -2.29. The molecule has 1 aliphatic rings. The van der Waals surface area contributed by atoms with E-state index in [2.05, 4.69) is 6.07 Å². The normalized spacial score (nSPS) is 15.1. The molecule has 4 nitrogen and oxygen atoms in total. The van der Waals surface area contributed by atoms with E-state index in [0.717, 1.165) is 13.0 Å². The first-order valence-electron chi connectivity index (χ1n) is 5.76. The molecular formula is C13H16NO3. The van der Waals surface area contributed by atoms with Gasteiger partial charge in [0.25, 0.3) is 0 Å². The van der Waals surface area contributed by atoms with E-state index < -0.39 is 0 Å². The molecule has 2 rings (SSSR count). The summed E-state index contributed by atoms with van der Waals surface area (Å²) in [6.07, 6.45) is 1.63. The monoisotopic (exact) mass is 234 g/mol. The van der Waals surface area contributed by atoms with E-state index in [4.69, 9.17) is 9.47 Å². The number of methoxy groups -OCH3 is 1. The summed E-state index contributed by atoms with van der Waals surface area (Å²) in [7, 11) is 1.60. The minimum absolute atomic E-state index is 0.224. The maximum atomic E-state index is 11.4. The van der Waals surface area contributed by atoms with E-state index in [1.165, 1.54) is 0 Å². The molecule has 0 atom stereocenters. The quantitative estimate of drug-likeness (QED) is 0.775. The van der Waals surface area contributed by atoms with Crippen molar-refractivity contribution in [2.75, 3.05) is 26.8 Å². The lowest BCUT2D eigenvalue weighted by Gasteiger charge is -2.16. The maximum absolute atomic E-state index is 11.4. The number of carbonyl (C=O) groups is 1. The van der Waals surface area contributed by atoms with Gasteiger partial charge in [-0.1, -0.05) is 6.07 Å². The van der Waals surface area contributed by atoms with Crippen LogP contribution in [0.4, 0.5) is 0 Å². The number of nitrogens with zero attached hydrogens (tertiary/aromatic N) is 1. The van der Waals surface area contributed by atoms with Gasteiger partial charge in [-0.3, -0.25) is 4.79 Å². The van der Waals surface area contributed by atoms with Gasteiger partial charge in [0, 0.05) is 13.0 Å². The number of benzene rings is 1. The highest BCUT2D eigenvalue weighted by molar-refractivity contribution is 5.78. The molecule has 1 aromatic rings. The van der Waals surface area contributed by atoms with Crippen LogP contribution >= 0.6 is 0 Å².